The molecule has 4 heteroatoms. The van der Waals surface area contributed by atoms with E-state index >= 15 is 0 Å². The summed E-state index contributed by atoms with van der Waals surface area (Å²) in [4.78, 5) is 23.4. The van der Waals surface area contributed by atoms with Gasteiger partial charge in [0.15, 0.2) is 0 Å². The molecule has 0 atom stereocenters. The first-order valence-electron chi connectivity index (χ1n) is 14.7. The minimum absolute atomic E-state index is 0.0231. The van der Waals surface area contributed by atoms with Crippen LogP contribution >= 0.6 is 0 Å². The van der Waals surface area contributed by atoms with Gasteiger partial charge in [-0.15, -0.1) is 0 Å². The van der Waals surface area contributed by atoms with Crippen molar-refractivity contribution in [3.05, 3.63) is 12.2 Å². The van der Waals surface area contributed by atoms with E-state index < -0.39 is 0 Å². The number of unbranched alkanes of at least 4 members (excludes halogenated alkanes) is 16. The fourth-order valence-corrected chi connectivity index (χ4v) is 3.93. The summed E-state index contributed by atoms with van der Waals surface area (Å²) in [6.45, 7) is 5.61. The first kappa shape index (κ1) is 32.7. The van der Waals surface area contributed by atoms with Crippen LogP contribution in [0.5, 0.6) is 0 Å². The molecular weight excluding hydrogens is 424 g/mol. The van der Waals surface area contributed by atoms with Gasteiger partial charge in [-0.3, -0.25) is 9.59 Å². The summed E-state index contributed by atoms with van der Waals surface area (Å²) < 4.78 is 10.6. The Morgan fingerprint density at radius 1 is 0.471 bits per heavy atom. The van der Waals surface area contributed by atoms with Gasteiger partial charge in [0.1, 0.15) is 0 Å². The second-order valence-electron chi connectivity index (χ2n) is 9.65. The van der Waals surface area contributed by atoms with Crippen molar-refractivity contribution in [2.75, 3.05) is 13.2 Å². The standard InChI is InChI=1S/C30H56O4/c1-3-5-7-19-23-27-33-29(31)25-21-17-15-13-11-9-10-12-14-16-18-22-26-30(32)34-28-24-20-8-6-4-2/h9-10H,3-8,11-28H2,1-2H3/b10-9+. The van der Waals surface area contributed by atoms with Gasteiger partial charge in [0.2, 0.25) is 0 Å². The topological polar surface area (TPSA) is 52.6 Å². The summed E-state index contributed by atoms with van der Waals surface area (Å²) in [5.41, 5.74) is 0. The molecule has 0 unspecified atom stereocenters. The Bertz CT molecular complexity index is 430. The lowest BCUT2D eigenvalue weighted by Crippen LogP contribution is -2.05. The second kappa shape index (κ2) is 27.9. The van der Waals surface area contributed by atoms with Gasteiger partial charge in [-0.1, -0.05) is 103 Å². The zero-order valence-corrected chi connectivity index (χ0v) is 22.8. The molecule has 0 heterocycles. The minimum Gasteiger partial charge on any atom is -0.466 e. The van der Waals surface area contributed by atoms with E-state index in [-0.39, 0.29) is 11.9 Å². The Morgan fingerprint density at radius 3 is 1.24 bits per heavy atom. The first-order chi connectivity index (χ1) is 16.7. The van der Waals surface area contributed by atoms with Crippen molar-refractivity contribution in [1.29, 1.82) is 0 Å². The molecule has 0 saturated carbocycles. The van der Waals surface area contributed by atoms with Gasteiger partial charge in [-0.25, -0.2) is 0 Å². The van der Waals surface area contributed by atoms with Crippen molar-refractivity contribution in [3.8, 4) is 0 Å². The highest BCUT2D eigenvalue weighted by Crippen LogP contribution is 2.10. The molecule has 0 aromatic carbocycles. The molecule has 34 heavy (non-hydrogen) atoms. The summed E-state index contributed by atoms with van der Waals surface area (Å²) >= 11 is 0. The van der Waals surface area contributed by atoms with E-state index in [0.717, 1.165) is 51.4 Å². The van der Waals surface area contributed by atoms with Crippen molar-refractivity contribution in [2.45, 2.75) is 155 Å². The molecule has 0 fully saturated rings. The number of allylic oxidation sites excluding steroid dienone is 2. The van der Waals surface area contributed by atoms with Crippen LogP contribution in [0.2, 0.25) is 0 Å². The molecule has 0 aromatic rings. The van der Waals surface area contributed by atoms with Gasteiger partial charge in [-0.2, -0.15) is 0 Å². The molecule has 0 aliphatic heterocycles. The zero-order valence-electron chi connectivity index (χ0n) is 22.8. The molecule has 0 amide bonds. The average molecular weight is 481 g/mol. The summed E-state index contributed by atoms with van der Waals surface area (Å²) in [5.74, 6) is -0.0461. The van der Waals surface area contributed by atoms with Crippen LogP contribution in [0, 0.1) is 0 Å². The highest BCUT2D eigenvalue weighted by molar-refractivity contribution is 5.69. The normalized spacial score (nSPS) is 11.2. The van der Waals surface area contributed by atoms with Crippen LogP contribution in [0.15, 0.2) is 12.2 Å². The Hall–Kier alpha value is -1.32. The number of rotatable bonds is 26. The molecule has 0 spiro atoms. The quantitative estimate of drug-likeness (QED) is 0.0703. The van der Waals surface area contributed by atoms with E-state index in [2.05, 4.69) is 26.0 Å². The number of esters is 2. The smallest absolute Gasteiger partial charge is 0.305 e. The predicted molar refractivity (Wildman–Crippen MR) is 144 cm³/mol. The molecule has 0 N–H and O–H groups in total. The third-order valence-electron chi connectivity index (χ3n) is 6.19. The molecule has 0 bridgehead atoms. The fourth-order valence-electron chi connectivity index (χ4n) is 3.93. The van der Waals surface area contributed by atoms with Crippen LogP contribution in [0.4, 0.5) is 0 Å². The number of ether oxygens (including phenoxy) is 2. The van der Waals surface area contributed by atoms with Crippen LogP contribution in [0.1, 0.15) is 155 Å². The summed E-state index contributed by atoms with van der Waals surface area (Å²) in [5, 5.41) is 0. The molecule has 0 rings (SSSR count). The largest absolute Gasteiger partial charge is 0.466 e. The third-order valence-corrected chi connectivity index (χ3v) is 6.19. The molecule has 4 nitrogen and oxygen atoms in total. The van der Waals surface area contributed by atoms with Crippen molar-refractivity contribution in [2.24, 2.45) is 0 Å². The fraction of sp³-hybridized carbons (Fsp3) is 0.867. The Labute approximate surface area is 211 Å². The summed E-state index contributed by atoms with van der Waals surface area (Å²) in [6.07, 6.45) is 28.8. The van der Waals surface area contributed by atoms with Gasteiger partial charge in [-0.05, 0) is 51.4 Å². The lowest BCUT2D eigenvalue weighted by molar-refractivity contribution is -0.144. The second-order valence-corrected chi connectivity index (χ2v) is 9.65. The third kappa shape index (κ3) is 26.9. The zero-order chi connectivity index (χ0) is 25.0. The van der Waals surface area contributed by atoms with Crippen LogP contribution in [-0.2, 0) is 19.1 Å². The maximum atomic E-state index is 11.7. The van der Waals surface area contributed by atoms with E-state index in [0.29, 0.717) is 26.1 Å². The van der Waals surface area contributed by atoms with Gasteiger partial charge in [0, 0.05) is 12.8 Å². The molecular formula is C30H56O4. The maximum absolute atomic E-state index is 11.7. The van der Waals surface area contributed by atoms with Crippen molar-refractivity contribution in [1.82, 2.24) is 0 Å². The van der Waals surface area contributed by atoms with E-state index in [4.69, 9.17) is 9.47 Å². The van der Waals surface area contributed by atoms with Crippen molar-refractivity contribution < 1.29 is 19.1 Å². The monoisotopic (exact) mass is 480 g/mol. The van der Waals surface area contributed by atoms with E-state index in [1.165, 1.54) is 77.0 Å². The number of carbonyl (C=O) groups is 2. The molecule has 0 aromatic heterocycles. The average Bonchev–Trinajstić information content (AvgIpc) is 2.83. The van der Waals surface area contributed by atoms with E-state index in [1.54, 1.807) is 0 Å². The highest BCUT2D eigenvalue weighted by Gasteiger charge is 2.03. The van der Waals surface area contributed by atoms with Crippen LogP contribution in [0.3, 0.4) is 0 Å². The molecule has 0 aliphatic rings. The highest BCUT2D eigenvalue weighted by atomic mass is 16.5. The van der Waals surface area contributed by atoms with Crippen molar-refractivity contribution >= 4 is 11.9 Å². The molecule has 200 valence electrons. The van der Waals surface area contributed by atoms with Gasteiger partial charge in [0.25, 0.3) is 0 Å². The number of hydrogen-bond donors (Lipinski definition) is 0. The van der Waals surface area contributed by atoms with Crippen molar-refractivity contribution in [3.63, 3.8) is 0 Å². The Kier molecular flexibility index (Phi) is 26.8. The maximum Gasteiger partial charge on any atom is 0.305 e. The predicted octanol–water partition coefficient (Wildman–Crippen LogP) is 9.25. The Balaban J connectivity index is 3.28. The Morgan fingerprint density at radius 2 is 0.824 bits per heavy atom. The van der Waals surface area contributed by atoms with E-state index in [1.807, 2.05) is 0 Å². The number of hydrogen-bond acceptors (Lipinski definition) is 4. The minimum atomic E-state index is -0.0231. The SMILES string of the molecule is CCCCCCCOC(=O)CCCCCC/C=C/CCCCCCC(=O)OCCCCCCC. The van der Waals surface area contributed by atoms with Crippen LogP contribution in [-0.4, -0.2) is 25.2 Å². The number of carbonyl (C=O) groups excluding carboxylic acids is 2. The van der Waals surface area contributed by atoms with Crippen LogP contribution in [0.25, 0.3) is 0 Å². The lowest BCUT2D eigenvalue weighted by atomic mass is 10.1. The summed E-state index contributed by atoms with van der Waals surface area (Å²) in [6, 6.07) is 0. The van der Waals surface area contributed by atoms with Gasteiger partial charge >= 0.3 is 11.9 Å². The molecule has 0 radical (unpaired) electrons. The lowest BCUT2D eigenvalue weighted by Gasteiger charge is -2.05. The van der Waals surface area contributed by atoms with E-state index in [9.17, 15) is 9.59 Å². The first-order valence-corrected chi connectivity index (χ1v) is 14.7. The van der Waals surface area contributed by atoms with Gasteiger partial charge in [0.05, 0.1) is 13.2 Å². The van der Waals surface area contributed by atoms with Gasteiger partial charge < -0.3 is 9.47 Å². The molecule has 0 saturated heterocycles. The van der Waals surface area contributed by atoms with Crippen LogP contribution < -0.4 is 0 Å². The molecule has 0 aliphatic carbocycles. The summed E-state index contributed by atoms with van der Waals surface area (Å²) in [7, 11) is 0.